The zero-order valence-corrected chi connectivity index (χ0v) is 14.3. The molecule has 0 radical (unpaired) electrons. The molecule has 1 aromatic heterocycles. The molecule has 2 rings (SSSR count). The Morgan fingerprint density at radius 2 is 1.80 bits per heavy atom. The van der Waals surface area contributed by atoms with Crippen LogP contribution in [-0.4, -0.2) is 29.4 Å². The Morgan fingerprint density at radius 1 is 1.12 bits per heavy atom. The second-order valence-electron chi connectivity index (χ2n) is 5.52. The van der Waals surface area contributed by atoms with E-state index < -0.39 is 0 Å². The fraction of sp³-hybridized carbons (Fsp3) is 0.294. The largest absolute Gasteiger partial charge is 0.360 e. The van der Waals surface area contributed by atoms with E-state index >= 15 is 0 Å². The van der Waals surface area contributed by atoms with E-state index in [9.17, 15) is 14.4 Å². The number of nitrogens with one attached hydrogen (secondary N) is 2. The molecule has 0 bridgehead atoms. The molecule has 2 aromatic rings. The molecule has 132 valence electrons. The van der Waals surface area contributed by atoms with Crippen LogP contribution in [0.5, 0.6) is 0 Å². The van der Waals surface area contributed by atoms with Crippen molar-refractivity contribution in [2.75, 3.05) is 22.1 Å². The van der Waals surface area contributed by atoms with Crippen LogP contribution in [0.1, 0.15) is 26.0 Å². The van der Waals surface area contributed by atoms with Gasteiger partial charge < -0.3 is 20.1 Å². The molecule has 8 nitrogen and oxygen atoms in total. The van der Waals surface area contributed by atoms with E-state index in [1.54, 1.807) is 37.3 Å². The summed E-state index contributed by atoms with van der Waals surface area (Å²) in [6, 6.07) is 8.44. The molecule has 1 aromatic carbocycles. The molecule has 0 atom stereocenters. The van der Waals surface area contributed by atoms with Crippen molar-refractivity contribution in [1.29, 1.82) is 0 Å². The molecule has 0 fully saturated rings. The van der Waals surface area contributed by atoms with Gasteiger partial charge in [-0.05, 0) is 31.2 Å². The number of nitrogens with zero attached hydrogens (tertiary/aromatic N) is 2. The van der Waals surface area contributed by atoms with Crippen LogP contribution in [-0.2, 0) is 14.4 Å². The highest BCUT2D eigenvalue weighted by Crippen LogP contribution is 2.19. The maximum atomic E-state index is 12.0. The second kappa shape index (κ2) is 8.09. The number of hydrogen-bond acceptors (Lipinski definition) is 5. The van der Waals surface area contributed by atoms with Crippen LogP contribution < -0.4 is 15.5 Å². The van der Waals surface area contributed by atoms with E-state index in [1.807, 2.05) is 0 Å². The normalized spacial score (nSPS) is 10.2. The van der Waals surface area contributed by atoms with Crippen LogP contribution >= 0.6 is 0 Å². The summed E-state index contributed by atoms with van der Waals surface area (Å²) in [6.45, 7) is 4.80. The zero-order valence-electron chi connectivity index (χ0n) is 14.3. The molecule has 0 aliphatic heterocycles. The van der Waals surface area contributed by atoms with Gasteiger partial charge in [-0.15, -0.1) is 0 Å². The molecule has 0 unspecified atom stereocenters. The average Bonchev–Trinajstić information content (AvgIpc) is 2.93. The van der Waals surface area contributed by atoms with Crippen LogP contribution in [0.2, 0.25) is 0 Å². The molecule has 3 amide bonds. The lowest BCUT2D eigenvalue weighted by Crippen LogP contribution is -2.32. The minimum Gasteiger partial charge on any atom is -0.360 e. The van der Waals surface area contributed by atoms with Crippen LogP contribution in [0, 0.1) is 6.92 Å². The summed E-state index contributed by atoms with van der Waals surface area (Å²) in [5, 5.41) is 8.95. The SMILES string of the molecule is CC(=O)Nc1ccc(N(CCC(=O)Nc2cc(C)on2)C(C)=O)cc1. The third-order valence-corrected chi connectivity index (χ3v) is 3.34. The Hall–Kier alpha value is -3.16. The van der Waals surface area contributed by atoms with Crippen molar-refractivity contribution in [2.24, 2.45) is 0 Å². The summed E-state index contributed by atoms with van der Waals surface area (Å²) in [4.78, 5) is 36.4. The van der Waals surface area contributed by atoms with Crippen molar-refractivity contribution < 1.29 is 18.9 Å². The first kappa shape index (κ1) is 18.2. The minimum atomic E-state index is -0.269. The molecule has 0 saturated heterocycles. The third kappa shape index (κ3) is 5.45. The summed E-state index contributed by atoms with van der Waals surface area (Å²) in [7, 11) is 0. The smallest absolute Gasteiger partial charge is 0.227 e. The first-order chi connectivity index (χ1) is 11.8. The minimum absolute atomic E-state index is 0.110. The number of benzene rings is 1. The van der Waals surface area contributed by atoms with Gasteiger partial charge in [0.2, 0.25) is 17.7 Å². The van der Waals surface area contributed by atoms with Crippen LogP contribution in [0.25, 0.3) is 0 Å². The summed E-state index contributed by atoms with van der Waals surface area (Å²) in [5.74, 6) is 0.319. The van der Waals surface area contributed by atoms with Gasteiger partial charge in [0, 0.05) is 44.3 Å². The number of aryl methyl sites for hydroxylation is 1. The van der Waals surface area contributed by atoms with Crippen molar-refractivity contribution in [3.8, 4) is 0 Å². The molecular formula is C17H20N4O4. The quantitative estimate of drug-likeness (QED) is 0.837. The number of hydrogen-bond donors (Lipinski definition) is 2. The van der Waals surface area contributed by atoms with Crippen molar-refractivity contribution in [2.45, 2.75) is 27.2 Å². The van der Waals surface area contributed by atoms with Gasteiger partial charge in [-0.25, -0.2) is 0 Å². The maximum Gasteiger partial charge on any atom is 0.227 e. The van der Waals surface area contributed by atoms with Gasteiger partial charge in [-0.1, -0.05) is 5.16 Å². The first-order valence-electron chi connectivity index (χ1n) is 7.74. The number of carbonyl (C=O) groups excluding carboxylic acids is 3. The Bertz CT molecular complexity index is 767. The van der Waals surface area contributed by atoms with Crippen molar-refractivity contribution in [3.63, 3.8) is 0 Å². The Labute approximate surface area is 145 Å². The van der Waals surface area contributed by atoms with E-state index in [-0.39, 0.29) is 30.7 Å². The van der Waals surface area contributed by atoms with Gasteiger partial charge in [0.05, 0.1) is 0 Å². The topological polar surface area (TPSA) is 105 Å². The number of anilines is 3. The van der Waals surface area contributed by atoms with E-state index in [0.717, 1.165) is 0 Å². The second-order valence-corrected chi connectivity index (χ2v) is 5.52. The third-order valence-electron chi connectivity index (χ3n) is 3.34. The Kier molecular flexibility index (Phi) is 5.89. The fourth-order valence-electron chi connectivity index (χ4n) is 2.24. The summed E-state index contributed by atoms with van der Waals surface area (Å²) in [6.07, 6.45) is 0.110. The van der Waals surface area contributed by atoms with Crippen molar-refractivity contribution in [1.82, 2.24) is 5.16 Å². The molecule has 0 aliphatic rings. The Morgan fingerprint density at radius 3 is 2.32 bits per heavy atom. The maximum absolute atomic E-state index is 12.0. The van der Waals surface area contributed by atoms with Gasteiger partial charge in [0.1, 0.15) is 5.76 Å². The lowest BCUT2D eigenvalue weighted by atomic mass is 10.2. The highest BCUT2D eigenvalue weighted by atomic mass is 16.5. The van der Waals surface area contributed by atoms with E-state index in [4.69, 9.17) is 4.52 Å². The van der Waals surface area contributed by atoms with Gasteiger partial charge >= 0.3 is 0 Å². The van der Waals surface area contributed by atoms with Crippen molar-refractivity contribution in [3.05, 3.63) is 36.1 Å². The summed E-state index contributed by atoms with van der Waals surface area (Å²) >= 11 is 0. The molecule has 0 aliphatic carbocycles. The summed E-state index contributed by atoms with van der Waals surface area (Å²) < 4.78 is 4.88. The number of carbonyl (C=O) groups is 3. The predicted octanol–water partition coefficient (Wildman–Crippen LogP) is 2.32. The number of amides is 3. The molecule has 0 saturated carbocycles. The molecule has 25 heavy (non-hydrogen) atoms. The Balaban J connectivity index is 1.97. The summed E-state index contributed by atoms with van der Waals surface area (Å²) in [5.41, 5.74) is 1.28. The molecule has 1 heterocycles. The molecule has 8 heteroatoms. The van der Waals surface area contributed by atoms with Crippen LogP contribution in [0.4, 0.5) is 17.2 Å². The van der Waals surface area contributed by atoms with E-state index in [2.05, 4.69) is 15.8 Å². The highest BCUT2D eigenvalue weighted by molar-refractivity contribution is 5.95. The molecule has 2 N–H and O–H groups in total. The number of aromatic nitrogens is 1. The average molecular weight is 344 g/mol. The van der Waals surface area contributed by atoms with Crippen LogP contribution in [0.15, 0.2) is 34.9 Å². The fourth-order valence-corrected chi connectivity index (χ4v) is 2.24. The number of rotatable bonds is 6. The lowest BCUT2D eigenvalue weighted by molar-refractivity contribution is -0.117. The van der Waals surface area contributed by atoms with Gasteiger partial charge in [0.15, 0.2) is 5.82 Å². The standard InChI is InChI=1S/C17H20N4O4/c1-11-10-16(20-25-11)19-17(24)8-9-21(13(3)23)15-6-4-14(5-7-15)18-12(2)22/h4-7,10H,8-9H2,1-3H3,(H,18,22)(H,19,20,24). The van der Waals surface area contributed by atoms with Crippen molar-refractivity contribution >= 4 is 34.9 Å². The van der Waals surface area contributed by atoms with Gasteiger partial charge in [-0.2, -0.15) is 0 Å². The highest BCUT2D eigenvalue weighted by Gasteiger charge is 2.14. The van der Waals surface area contributed by atoms with Gasteiger partial charge in [0.25, 0.3) is 0 Å². The molecular weight excluding hydrogens is 324 g/mol. The van der Waals surface area contributed by atoms with Crippen LogP contribution in [0.3, 0.4) is 0 Å². The van der Waals surface area contributed by atoms with E-state index in [0.29, 0.717) is 23.0 Å². The monoisotopic (exact) mass is 344 g/mol. The zero-order chi connectivity index (χ0) is 18.4. The lowest BCUT2D eigenvalue weighted by Gasteiger charge is -2.21. The predicted molar refractivity (Wildman–Crippen MR) is 93.3 cm³/mol. The molecule has 0 spiro atoms. The van der Waals surface area contributed by atoms with Gasteiger partial charge in [-0.3, -0.25) is 14.4 Å². The van der Waals surface area contributed by atoms with E-state index in [1.165, 1.54) is 18.7 Å². The first-order valence-corrected chi connectivity index (χ1v) is 7.74.